The minimum atomic E-state index is -1.26. The number of fused-ring (bicyclic) bond motifs is 3. The maximum atomic E-state index is 12.4. The summed E-state index contributed by atoms with van der Waals surface area (Å²) in [4.78, 5) is 114. The van der Waals surface area contributed by atoms with Gasteiger partial charge < -0.3 is 34.8 Å². The van der Waals surface area contributed by atoms with Gasteiger partial charge in [-0.05, 0) is 60.2 Å². The molecule has 6 amide bonds. The summed E-state index contributed by atoms with van der Waals surface area (Å²) >= 11 is 0.965. The van der Waals surface area contributed by atoms with E-state index in [0.717, 1.165) is 11.8 Å². The SMILES string of the molecule is NOCC(=O)NNC(=O)CNC(=O)c1cc2ccc(O)cc2oc1=O.NOCC(=O)NNC(=O)CSCC(=O)Nc1ccc(-c2c3ccc(=O)cc-3oc3cc(O)ccc23)c(C(=O)O)c1. The number of phenols is 2. The van der Waals surface area contributed by atoms with E-state index in [0.29, 0.717) is 27.5 Å². The van der Waals surface area contributed by atoms with E-state index in [1.807, 2.05) is 10.9 Å². The van der Waals surface area contributed by atoms with Gasteiger partial charge in [0.25, 0.3) is 23.6 Å². The third-order valence-corrected chi connectivity index (χ3v) is 9.36. The molecule has 0 fully saturated rings. The standard InChI is InChI=1S/C26H22N4O9S.C14H14N4O7/c27-38-10-22(33)29-30-24(35)12-40-11-23(34)28-13-1-4-16(19(7-13)26(36)37)25-17-5-2-14(31)8-20(17)39-21-9-15(32)3-6-18(21)25;15-24-6-12(21)18-17-11(20)5-16-13(22)9-3-7-1-2-8(19)4-10(7)25-14(9)23/h1-9,31H,10-12,27H2,(H,28,34)(H,29,33)(H,30,35)(H,36,37);1-4,19H,5-6,15H2,(H,16,22)(H,17,20)(H,18,21). The molecule has 2 heterocycles. The van der Waals surface area contributed by atoms with E-state index in [2.05, 4.69) is 37.1 Å². The summed E-state index contributed by atoms with van der Waals surface area (Å²) in [7, 11) is 0. The van der Waals surface area contributed by atoms with Crippen LogP contribution in [0.4, 0.5) is 5.69 Å². The van der Waals surface area contributed by atoms with Crippen LogP contribution in [0.3, 0.4) is 0 Å². The van der Waals surface area contributed by atoms with E-state index in [-0.39, 0.29) is 62.2 Å². The first-order valence-electron chi connectivity index (χ1n) is 18.4. The highest BCUT2D eigenvalue weighted by atomic mass is 32.2. The Hall–Kier alpha value is -8.36. The van der Waals surface area contributed by atoms with Crippen molar-refractivity contribution in [2.75, 3.05) is 36.6 Å². The second-order valence-electron chi connectivity index (χ2n) is 13.1. The van der Waals surface area contributed by atoms with E-state index >= 15 is 0 Å². The number of aromatic carboxylic acids is 1. The fourth-order valence-electron chi connectivity index (χ4n) is 5.70. The average Bonchev–Trinajstić information content (AvgIpc) is 3.26. The number of rotatable bonds is 14. The molecule has 24 nitrogen and oxygen atoms in total. The van der Waals surface area contributed by atoms with Gasteiger partial charge in [0.05, 0.1) is 23.6 Å². The first kappa shape index (κ1) is 47.7. The highest BCUT2D eigenvalue weighted by Crippen LogP contribution is 2.42. The number of hydrazine groups is 2. The van der Waals surface area contributed by atoms with Crippen molar-refractivity contribution in [2.24, 2.45) is 11.8 Å². The molecule has 0 atom stereocenters. The molecule has 1 aliphatic carbocycles. The molecule has 65 heavy (non-hydrogen) atoms. The predicted molar refractivity (Wildman–Crippen MR) is 228 cm³/mol. The summed E-state index contributed by atoms with van der Waals surface area (Å²) in [6.45, 7) is -1.40. The molecule has 6 rings (SSSR count). The smallest absolute Gasteiger partial charge is 0.349 e. The molecular formula is C40H36N8O16S. The Morgan fingerprint density at radius 2 is 1.25 bits per heavy atom. The lowest BCUT2D eigenvalue weighted by molar-refractivity contribution is -0.131. The van der Waals surface area contributed by atoms with E-state index in [1.54, 1.807) is 6.07 Å². The van der Waals surface area contributed by atoms with Gasteiger partial charge in [-0.2, -0.15) is 0 Å². The zero-order chi connectivity index (χ0) is 47.2. The van der Waals surface area contributed by atoms with Crippen LogP contribution in [0.1, 0.15) is 20.7 Å². The number of aromatic hydroxyl groups is 2. The van der Waals surface area contributed by atoms with E-state index in [9.17, 15) is 58.5 Å². The second kappa shape index (κ2) is 22.1. The number of phenolic OH excluding ortho intramolecular Hbond substituents is 2. The fraction of sp³-hybridized carbons (Fsp3) is 0.125. The van der Waals surface area contributed by atoms with Crippen molar-refractivity contribution in [3.63, 3.8) is 0 Å². The van der Waals surface area contributed by atoms with Crippen LogP contribution in [0.25, 0.3) is 44.4 Å². The molecule has 2 aliphatic rings. The lowest BCUT2D eigenvalue weighted by Gasteiger charge is -2.17. The largest absolute Gasteiger partial charge is 0.508 e. The van der Waals surface area contributed by atoms with Crippen molar-refractivity contribution in [1.82, 2.24) is 27.0 Å². The number of carboxylic acid groups (broad SMARTS) is 1. The van der Waals surface area contributed by atoms with Crippen LogP contribution in [0, 0.1) is 0 Å². The Balaban J connectivity index is 0.000000273. The number of nitrogens with one attached hydrogen (secondary N) is 6. The molecule has 25 heteroatoms. The summed E-state index contributed by atoms with van der Waals surface area (Å²) in [6.07, 6.45) is 0. The number of carbonyl (C=O) groups excluding carboxylic acids is 6. The van der Waals surface area contributed by atoms with Gasteiger partial charge in [-0.15, -0.1) is 11.8 Å². The van der Waals surface area contributed by atoms with Crippen LogP contribution in [0.15, 0.2) is 97.3 Å². The Morgan fingerprint density at radius 1 is 0.631 bits per heavy atom. The maximum absolute atomic E-state index is 12.4. The number of carboxylic acids is 1. The molecule has 338 valence electrons. The lowest BCUT2D eigenvalue weighted by Crippen LogP contribution is -2.47. The molecule has 4 aromatic rings. The highest BCUT2D eigenvalue weighted by molar-refractivity contribution is 8.00. The van der Waals surface area contributed by atoms with Gasteiger partial charge in [0, 0.05) is 45.8 Å². The summed E-state index contributed by atoms with van der Waals surface area (Å²) in [5.41, 5.74) is 8.35. The summed E-state index contributed by atoms with van der Waals surface area (Å²) < 4.78 is 10.8. The molecule has 0 spiro atoms. The number of anilines is 1. The topological polar surface area (TPSA) is 383 Å². The molecular weight excluding hydrogens is 881 g/mol. The number of thioether (sulfide) groups is 1. The number of carbonyl (C=O) groups is 7. The molecule has 3 aromatic carbocycles. The number of nitrogens with two attached hydrogens (primary N) is 2. The fourth-order valence-corrected chi connectivity index (χ4v) is 6.31. The van der Waals surface area contributed by atoms with Crippen LogP contribution in [-0.2, 0) is 33.6 Å². The molecule has 0 saturated heterocycles. The van der Waals surface area contributed by atoms with Gasteiger partial charge in [0.2, 0.25) is 11.8 Å². The molecule has 0 radical (unpaired) electrons. The summed E-state index contributed by atoms with van der Waals surface area (Å²) in [6, 6.07) is 18.2. The van der Waals surface area contributed by atoms with E-state index in [1.165, 1.54) is 72.8 Å². The molecule has 13 N–H and O–H groups in total. The van der Waals surface area contributed by atoms with Gasteiger partial charge in [-0.3, -0.25) is 64.9 Å². The van der Waals surface area contributed by atoms with Crippen molar-refractivity contribution in [3.05, 3.63) is 111 Å². The minimum Gasteiger partial charge on any atom is -0.508 e. The van der Waals surface area contributed by atoms with Crippen molar-refractivity contribution < 1.29 is 67.4 Å². The number of benzene rings is 4. The highest BCUT2D eigenvalue weighted by Gasteiger charge is 2.23. The van der Waals surface area contributed by atoms with Crippen molar-refractivity contribution in [1.29, 1.82) is 0 Å². The molecule has 1 aromatic heterocycles. The van der Waals surface area contributed by atoms with Gasteiger partial charge in [-0.25, -0.2) is 21.4 Å². The van der Waals surface area contributed by atoms with Crippen LogP contribution in [0.2, 0.25) is 0 Å². The number of hydrogen-bond donors (Lipinski definition) is 11. The average molecular weight is 917 g/mol. The lowest BCUT2D eigenvalue weighted by atomic mass is 9.90. The van der Waals surface area contributed by atoms with Crippen molar-refractivity contribution in [2.45, 2.75) is 0 Å². The first-order chi connectivity index (χ1) is 31.1. The Labute approximate surface area is 367 Å². The van der Waals surface area contributed by atoms with Crippen molar-refractivity contribution in [3.8, 4) is 33.9 Å². The molecule has 0 bridgehead atoms. The zero-order valence-corrected chi connectivity index (χ0v) is 34.1. The molecule has 1 aliphatic heterocycles. The monoisotopic (exact) mass is 916 g/mol. The number of hydrogen-bond acceptors (Lipinski definition) is 18. The molecule has 0 saturated carbocycles. The minimum absolute atomic E-state index is 0.0716. The van der Waals surface area contributed by atoms with Crippen LogP contribution in [-0.4, -0.2) is 88.0 Å². The summed E-state index contributed by atoms with van der Waals surface area (Å²) in [5.74, 6) is 3.96. The predicted octanol–water partition coefficient (Wildman–Crippen LogP) is -0.0559. The summed E-state index contributed by atoms with van der Waals surface area (Å²) in [5, 5.41) is 35.0. The van der Waals surface area contributed by atoms with Crippen LogP contribution in [0.5, 0.6) is 11.5 Å². The first-order valence-corrected chi connectivity index (χ1v) is 19.5. The Bertz CT molecular complexity index is 2900. The van der Waals surface area contributed by atoms with Crippen LogP contribution < -0.4 is 55.2 Å². The van der Waals surface area contributed by atoms with Crippen LogP contribution >= 0.6 is 11.8 Å². The Kier molecular flexibility index (Phi) is 16.2. The van der Waals surface area contributed by atoms with E-state index in [4.69, 9.17) is 14.7 Å². The normalized spacial score (nSPS) is 10.6. The Morgan fingerprint density at radius 3 is 1.92 bits per heavy atom. The van der Waals surface area contributed by atoms with Crippen molar-refractivity contribution >= 4 is 80.8 Å². The zero-order valence-electron chi connectivity index (χ0n) is 33.3. The van der Waals surface area contributed by atoms with E-state index < -0.39 is 66.8 Å². The maximum Gasteiger partial charge on any atom is 0.349 e. The van der Waals surface area contributed by atoms with Gasteiger partial charge in [0.15, 0.2) is 5.43 Å². The molecule has 0 unspecified atom stereocenters. The van der Waals surface area contributed by atoms with Gasteiger partial charge >= 0.3 is 11.6 Å². The third kappa shape index (κ3) is 13.1. The van der Waals surface area contributed by atoms with Gasteiger partial charge in [-0.1, -0.05) is 6.07 Å². The second-order valence-corrected chi connectivity index (χ2v) is 14.1. The quantitative estimate of drug-likeness (QED) is 0.0387. The number of amides is 6. The third-order valence-electron chi connectivity index (χ3n) is 8.43. The van der Waals surface area contributed by atoms with Gasteiger partial charge in [0.1, 0.15) is 47.2 Å².